The summed E-state index contributed by atoms with van der Waals surface area (Å²) in [6, 6.07) is 9.77. The molecule has 45 heavy (non-hydrogen) atoms. The number of carbonyl (C=O) groups is 4. The minimum atomic E-state index is -4.97. The van der Waals surface area contributed by atoms with Crippen molar-refractivity contribution in [2.45, 2.75) is 31.6 Å². The number of imide groups is 1. The molecule has 2 aromatic carbocycles. The molecule has 232 valence electrons. The van der Waals surface area contributed by atoms with Gasteiger partial charge in [0.15, 0.2) is 0 Å². The lowest BCUT2D eigenvalue weighted by atomic mass is 9.93. The predicted octanol–water partition coefficient (Wildman–Crippen LogP) is 5.37. The Kier molecular flexibility index (Phi) is 8.43. The summed E-state index contributed by atoms with van der Waals surface area (Å²) in [5, 5.41) is 7.07. The summed E-state index contributed by atoms with van der Waals surface area (Å²) in [5.41, 5.74) is -2.58. The number of nitrogens with one attached hydrogen (secondary N) is 3. The van der Waals surface area contributed by atoms with Crippen LogP contribution in [0.15, 0.2) is 66.9 Å². The van der Waals surface area contributed by atoms with Crippen LogP contribution in [0.5, 0.6) is 0 Å². The van der Waals surface area contributed by atoms with Gasteiger partial charge in [-0.2, -0.15) is 13.2 Å². The molecular weight excluding hydrogens is 625 g/mol. The van der Waals surface area contributed by atoms with Crippen molar-refractivity contribution in [3.05, 3.63) is 117 Å². The third kappa shape index (κ3) is 6.55. The topological polar surface area (TPSA) is 122 Å². The van der Waals surface area contributed by atoms with Gasteiger partial charge in [0.25, 0.3) is 11.8 Å². The lowest BCUT2D eigenvalue weighted by molar-refractivity contribution is -0.138. The number of carbonyl (C=O) groups excluding carboxylic acids is 4. The molecule has 1 aliphatic heterocycles. The first kappa shape index (κ1) is 31.3. The number of pyridine rings is 1. The van der Waals surface area contributed by atoms with Gasteiger partial charge in [-0.05, 0) is 67.1 Å². The van der Waals surface area contributed by atoms with E-state index in [1.54, 1.807) is 25.1 Å². The Hall–Kier alpha value is -5.11. The third-order valence-corrected chi connectivity index (χ3v) is 7.30. The number of rotatable bonds is 6. The lowest BCUT2D eigenvalue weighted by Crippen LogP contribution is -2.34. The van der Waals surface area contributed by atoms with E-state index in [4.69, 9.17) is 11.6 Å². The Bertz CT molecular complexity index is 1840. The van der Waals surface area contributed by atoms with Gasteiger partial charge in [0, 0.05) is 16.8 Å². The second-order valence-electron chi connectivity index (χ2n) is 10.1. The molecule has 4 amide bonds. The van der Waals surface area contributed by atoms with Crippen molar-refractivity contribution >= 4 is 40.9 Å². The number of fused-ring (bicyclic) bond motifs is 1. The summed E-state index contributed by atoms with van der Waals surface area (Å²) < 4.78 is 69.7. The highest BCUT2D eigenvalue weighted by Gasteiger charge is 2.38. The Morgan fingerprint density at radius 2 is 1.78 bits per heavy atom. The molecule has 3 N–H and O–H groups in total. The van der Waals surface area contributed by atoms with Crippen molar-refractivity contribution in [3.8, 4) is 0 Å². The summed E-state index contributed by atoms with van der Waals surface area (Å²) in [7, 11) is 0. The van der Waals surface area contributed by atoms with Crippen LogP contribution in [0.3, 0.4) is 0 Å². The minimum absolute atomic E-state index is 0.106. The fraction of sp³-hybridized carbons (Fsp3) is 0.167. The number of hydrogen-bond donors (Lipinski definition) is 3. The van der Waals surface area contributed by atoms with Gasteiger partial charge in [0.2, 0.25) is 11.8 Å². The molecule has 3 heterocycles. The normalized spacial score (nSPS) is 15.5. The second-order valence-corrected chi connectivity index (χ2v) is 10.5. The van der Waals surface area contributed by atoms with E-state index in [1.807, 2.05) is 0 Å². The van der Waals surface area contributed by atoms with Crippen molar-refractivity contribution < 1.29 is 41.1 Å². The van der Waals surface area contributed by atoms with Crippen LogP contribution in [-0.2, 0) is 22.3 Å². The number of benzene rings is 2. The Morgan fingerprint density at radius 3 is 2.47 bits per heavy atom. The maximum Gasteiger partial charge on any atom is 0.416 e. The fourth-order valence-corrected chi connectivity index (χ4v) is 5.16. The monoisotopic (exact) mass is 645 g/mol. The number of anilines is 1. The lowest BCUT2D eigenvalue weighted by Gasteiger charge is -2.20. The quantitative estimate of drug-likeness (QED) is 0.192. The maximum absolute atomic E-state index is 14.4. The molecule has 15 heteroatoms. The minimum Gasteiger partial charge on any atom is -0.343 e. The van der Waals surface area contributed by atoms with Crippen LogP contribution in [0.25, 0.3) is 0 Å². The Morgan fingerprint density at radius 1 is 1.02 bits per heavy atom. The number of hydrogen-bond acceptors (Lipinski definition) is 5. The second kappa shape index (κ2) is 12.1. The van der Waals surface area contributed by atoms with E-state index in [0.29, 0.717) is 17.8 Å². The van der Waals surface area contributed by atoms with Gasteiger partial charge in [-0.15, -0.1) is 0 Å². The SMILES string of the molecule is C[C@@H](NC(=O)c1cc(NC(=O)c2cc(F)cc(C(F)(F)F)c2)c2n1CC(=O)NC(=O)[C@@H]2c1cc(F)ccc1Cl)c1ccccn1. The van der Waals surface area contributed by atoms with Gasteiger partial charge >= 0.3 is 6.18 Å². The van der Waals surface area contributed by atoms with Gasteiger partial charge in [-0.3, -0.25) is 29.5 Å². The maximum atomic E-state index is 14.4. The highest BCUT2D eigenvalue weighted by Crippen LogP contribution is 2.39. The summed E-state index contributed by atoms with van der Waals surface area (Å²) in [5.74, 6) is -7.61. The molecule has 1 aliphatic rings. The number of amides is 4. The average molecular weight is 646 g/mol. The van der Waals surface area contributed by atoms with Crippen LogP contribution in [0.2, 0.25) is 5.02 Å². The molecule has 2 atom stereocenters. The molecule has 0 saturated heterocycles. The molecule has 4 aromatic rings. The van der Waals surface area contributed by atoms with Crippen molar-refractivity contribution in [1.82, 2.24) is 20.2 Å². The Labute approximate surface area is 256 Å². The van der Waals surface area contributed by atoms with E-state index < -0.39 is 71.1 Å². The molecule has 2 aromatic heterocycles. The molecule has 0 fully saturated rings. The largest absolute Gasteiger partial charge is 0.416 e. The van der Waals surface area contributed by atoms with Gasteiger partial charge < -0.3 is 15.2 Å². The molecule has 5 rings (SSSR count). The van der Waals surface area contributed by atoms with Crippen LogP contribution >= 0.6 is 11.6 Å². The summed E-state index contributed by atoms with van der Waals surface area (Å²) in [6.07, 6.45) is -3.47. The van der Waals surface area contributed by atoms with E-state index in [-0.39, 0.29) is 33.7 Å². The zero-order valence-corrected chi connectivity index (χ0v) is 23.8. The van der Waals surface area contributed by atoms with Crippen molar-refractivity contribution in [1.29, 1.82) is 0 Å². The van der Waals surface area contributed by atoms with E-state index in [9.17, 15) is 41.1 Å². The van der Waals surface area contributed by atoms with Gasteiger partial charge in [0.05, 0.1) is 28.7 Å². The van der Waals surface area contributed by atoms with Crippen molar-refractivity contribution in [3.63, 3.8) is 0 Å². The fourth-order valence-electron chi connectivity index (χ4n) is 4.93. The average Bonchev–Trinajstić information content (AvgIpc) is 3.24. The predicted molar refractivity (Wildman–Crippen MR) is 150 cm³/mol. The number of halogens is 6. The summed E-state index contributed by atoms with van der Waals surface area (Å²) in [4.78, 5) is 57.2. The summed E-state index contributed by atoms with van der Waals surface area (Å²) in [6.45, 7) is 1.00. The van der Waals surface area contributed by atoms with Crippen LogP contribution < -0.4 is 16.0 Å². The van der Waals surface area contributed by atoms with Gasteiger partial charge in [0.1, 0.15) is 29.8 Å². The molecule has 0 bridgehead atoms. The molecule has 0 spiro atoms. The first-order valence-corrected chi connectivity index (χ1v) is 13.5. The first-order valence-electron chi connectivity index (χ1n) is 13.2. The summed E-state index contributed by atoms with van der Waals surface area (Å²) >= 11 is 6.33. The molecular formula is C30H21ClF5N5O4. The molecule has 0 radical (unpaired) electrons. The van der Waals surface area contributed by atoms with E-state index in [1.165, 1.54) is 6.20 Å². The molecule has 0 saturated carbocycles. The first-order chi connectivity index (χ1) is 21.2. The van der Waals surface area contributed by atoms with E-state index in [2.05, 4.69) is 20.9 Å². The molecule has 0 aliphatic carbocycles. The van der Waals surface area contributed by atoms with Gasteiger partial charge in [-0.1, -0.05) is 17.7 Å². The van der Waals surface area contributed by atoms with Crippen molar-refractivity contribution in [2.24, 2.45) is 0 Å². The zero-order valence-electron chi connectivity index (χ0n) is 23.0. The van der Waals surface area contributed by atoms with E-state index >= 15 is 0 Å². The van der Waals surface area contributed by atoms with Crippen LogP contribution in [0, 0.1) is 11.6 Å². The molecule has 0 unspecified atom stereocenters. The third-order valence-electron chi connectivity index (χ3n) is 6.95. The van der Waals surface area contributed by atoms with Crippen LogP contribution in [0.1, 0.15) is 62.2 Å². The highest BCUT2D eigenvalue weighted by molar-refractivity contribution is 6.31. The van der Waals surface area contributed by atoms with E-state index in [0.717, 1.165) is 28.8 Å². The smallest absolute Gasteiger partial charge is 0.343 e. The highest BCUT2D eigenvalue weighted by atomic mass is 35.5. The number of alkyl halides is 3. The Balaban J connectivity index is 1.66. The van der Waals surface area contributed by atoms with Crippen molar-refractivity contribution in [2.75, 3.05) is 5.32 Å². The number of nitrogens with zero attached hydrogens (tertiary/aromatic N) is 2. The standard InChI is InChI=1S/C30H21ClF5N5O4/c1-14(21-4-2-3-7-37-21)38-28(44)23-12-22(39-27(43)15-8-16(30(34,35)36)10-18(33)9-15)26-25(19-11-17(32)5-6-20(19)31)29(45)40-24(42)13-41(23)26/h2-12,14,25H,13H2,1H3,(H,38,44)(H,39,43)(H,40,42,45)/t14-,25-/m1/s1. The van der Waals surface area contributed by atoms with Crippen LogP contribution in [0.4, 0.5) is 27.6 Å². The van der Waals surface area contributed by atoms with Gasteiger partial charge in [-0.25, -0.2) is 8.78 Å². The molecule has 9 nitrogen and oxygen atoms in total. The zero-order chi connectivity index (χ0) is 32.6. The number of aromatic nitrogens is 2. The van der Waals surface area contributed by atoms with Crippen LogP contribution in [-0.4, -0.2) is 33.2 Å².